The van der Waals surface area contributed by atoms with Crippen molar-refractivity contribution in [3.63, 3.8) is 0 Å². The summed E-state index contributed by atoms with van der Waals surface area (Å²) in [6, 6.07) is 11.8. The topological polar surface area (TPSA) is 116 Å². The molecule has 0 saturated heterocycles. The Morgan fingerprint density at radius 3 is 2.33 bits per heavy atom. The highest BCUT2D eigenvalue weighted by molar-refractivity contribution is 8.04. The van der Waals surface area contributed by atoms with Crippen molar-refractivity contribution < 1.29 is 30.5 Å². The molecule has 0 bridgehead atoms. The van der Waals surface area contributed by atoms with Crippen LogP contribution in [0.4, 0.5) is 5.69 Å². The van der Waals surface area contributed by atoms with E-state index in [1.54, 1.807) is 0 Å². The van der Waals surface area contributed by atoms with E-state index in [2.05, 4.69) is 0 Å². The summed E-state index contributed by atoms with van der Waals surface area (Å²) in [7, 11) is -8.31. The number of rotatable bonds is 7. The van der Waals surface area contributed by atoms with Gasteiger partial charge in [0.2, 0.25) is 5.52 Å². The first-order chi connectivity index (χ1) is 15.4. The van der Waals surface area contributed by atoms with Gasteiger partial charge in [-0.3, -0.25) is 9.11 Å². The average Bonchev–Trinajstić information content (AvgIpc) is 3.20. The summed E-state index contributed by atoms with van der Waals surface area (Å²) in [5.74, 6) is -0.848. The zero-order valence-electron chi connectivity index (χ0n) is 17.9. The molecule has 33 heavy (non-hydrogen) atoms. The Hall–Kier alpha value is -1.96. The van der Waals surface area contributed by atoms with Crippen molar-refractivity contribution in [3.8, 4) is 0 Å². The van der Waals surface area contributed by atoms with E-state index in [9.17, 15) is 25.9 Å². The Kier molecular flexibility index (Phi) is 6.60. The first-order valence-corrected chi connectivity index (χ1v) is 14.9. The number of nitrogens with zero attached hydrogens (tertiary/aromatic N) is 2. The molecule has 2 aromatic carbocycles. The summed E-state index contributed by atoms with van der Waals surface area (Å²) in [4.78, 5) is 2.81. The van der Waals surface area contributed by atoms with Crippen LogP contribution in [-0.4, -0.2) is 44.0 Å². The predicted molar refractivity (Wildman–Crippen MR) is 132 cm³/mol. The van der Waals surface area contributed by atoms with E-state index in [1.807, 2.05) is 65.8 Å². The standard InChI is InChI=1S/C21H22N2O6S4/c1-14-3-5-18-16(11-14)22(7-9-32(24,25)26)20(30-18)13-21-23(8-10-33(27,28)29)17-12-15(2)4-6-19(17)31-21/h3-6,11-13H,7-10H2,1-2H3,(H-,24,25,26,27,28,29)/p+1. The number of benzene rings is 2. The molecule has 2 heterocycles. The molecule has 1 aromatic heterocycles. The molecule has 4 rings (SSSR count). The van der Waals surface area contributed by atoms with Crippen LogP contribution >= 0.6 is 23.1 Å². The maximum atomic E-state index is 11.4. The molecule has 0 aliphatic carbocycles. The predicted octanol–water partition coefficient (Wildman–Crippen LogP) is 3.49. The number of thioether (sulfide) groups is 1. The molecular formula is C21H23N2O6S4+. The molecular weight excluding hydrogens is 505 g/mol. The quantitative estimate of drug-likeness (QED) is 0.354. The fourth-order valence-corrected chi connectivity index (χ4v) is 6.73. The summed E-state index contributed by atoms with van der Waals surface area (Å²) in [5, 5.41) is 1.53. The summed E-state index contributed by atoms with van der Waals surface area (Å²) in [5.41, 5.74) is 3.76. The van der Waals surface area contributed by atoms with Crippen molar-refractivity contribution in [2.75, 3.05) is 23.0 Å². The number of thiazole rings is 1. The third kappa shape index (κ3) is 5.76. The smallest absolute Gasteiger partial charge is 0.271 e. The maximum Gasteiger partial charge on any atom is 0.271 e. The van der Waals surface area contributed by atoms with E-state index in [1.165, 1.54) is 23.1 Å². The molecule has 0 amide bonds. The van der Waals surface area contributed by atoms with Crippen LogP contribution in [0, 0.1) is 13.8 Å². The average molecular weight is 528 g/mol. The second-order valence-electron chi connectivity index (χ2n) is 7.84. The Labute approximate surface area is 201 Å². The summed E-state index contributed by atoms with van der Waals surface area (Å²) >= 11 is 2.96. The van der Waals surface area contributed by atoms with Gasteiger partial charge in [0.1, 0.15) is 10.5 Å². The van der Waals surface area contributed by atoms with Crippen LogP contribution in [0.3, 0.4) is 0 Å². The molecule has 2 N–H and O–H groups in total. The number of aromatic nitrogens is 1. The highest BCUT2D eigenvalue weighted by Gasteiger charge is 2.29. The molecule has 0 unspecified atom stereocenters. The first-order valence-electron chi connectivity index (χ1n) is 10.0. The summed E-state index contributed by atoms with van der Waals surface area (Å²) in [6.07, 6.45) is 1.90. The minimum absolute atomic E-state index is 0.0726. The molecule has 0 spiro atoms. The van der Waals surface area contributed by atoms with Gasteiger partial charge in [0, 0.05) is 17.5 Å². The van der Waals surface area contributed by atoms with E-state index >= 15 is 0 Å². The SMILES string of the molecule is Cc1ccc2c(c1)N(CCS(=O)(=O)O)/C(=C/c1sc3ccc(C)cc3[n+]1CCS(=O)(=O)O)S2. The maximum absolute atomic E-state index is 11.4. The molecule has 12 heteroatoms. The minimum Gasteiger partial charge on any atom is -0.334 e. The first kappa shape index (κ1) is 24.2. The third-order valence-electron chi connectivity index (χ3n) is 5.16. The van der Waals surface area contributed by atoms with Crippen molar-refractivity contribution in [2.45, 2.75) is 25.3 Å². The van der Waals surface area contributed by atoms with Gasteiger partial charge in [-0.15, -0.1) is 0 Å². The number of aryl methyl sites for hydroxylation is 3. The van der Waals surface area contributed by atoms with E-state index in [0.29, 0.717) is 0 Å². The van der Waals surface area contributed by atoms with Crippen molar-refractivity contribution in [2.24, 2.45) is 0 Å². The molecule has 0 radical (unpaired) electrons. The molecule has 0 fully saturated rings. The van der Waals surface area contributed by atoms with Crippen LogP contribution < -0.4 is 9.47 Å². The van der Waals surface area contributed by atoms with Crippen LogP contribution in [0.25, 0.3) is 16.3 Å². The van der Waals surface area contributed by atoms with Gasteiger partial charge in [-0.2, -0.15) is 21.4 Å². The molecule has 8 nitrogen and oxygen atoms in total. The highest BCUT2D eigenvalue weighted by atomic mass is 32.2. The molecule has 3 aromatic rings. The lowest BCUT2D eigenvalue weighted by Gasteiger charge is -2.19. The van der Waals surface area contributed by atoms with E-state index < -0.39 is 31.7 Å². The second kappa shape index (κ2) is 9.01. The normalized spacial score (nSPS) is 15.5. The van der Waals surface area contributed by atoms with Crippen molar-refractivity contribution in [1.29, 1.82) is 0 Å². The summed E-state index contributed by atoms with van der Waals surface area (Å²) < 4.78 is 67.2. The largest absolute Gasteiger partial charge is 0.334 e. The fraction of sp³-hybridized carbons (Fsp3) is 0.286. The number of hydrogen-bond donors (Lipinski definition) is 2. The van der Waals surface area contributed by atoms with Crippen molar-refractivity contribution in [3.05, 3.63) is 57.6 Å². The lowest BCUT2D eigenvalue weighted by atomic mass is 10.2. The lowest BCUT2D eigenvalue weighted by Crippen LogP contribution is -2.38. The third-order valence-corrected chi connectivity index (χ3v) is 8.79. The molecule has 0 atom stereocenters. The van der Waals surface area contributed by atoms with E-state index in [-0.39, 0.29) is 13.1 Å². The van der Waals surface area contributed by atoms with E-state index in [0.717, 1.165) is 42.0 Å². The number of anilines is 1. The lowest BCUT2D eigenvalue weighted by molar-refractivity contribution is -0.664. The van der Waals surface area contributed by atoms with Crippen LogP contribution in [-0.2, 0) is 26.8 Å². The van der Waals surface area contributed by atoms with Crippen LogP contribution in [0.2, 0.25) is 0 Å². The molecule has 1 aliphatic rings. The highest BCUT2D eigenvalue weighted by Crippen LogP contribution is 2.47. The van der Waals surface area contributed by atoms with Gasteiger partial charge in [-0.1, -0.05) is 35.2 Å². The molecule has 176 valence electrons. The van der Waals surface area contributed by atoms with Gasteiger partial charge in [-0.25, -0.2) is 0 Å². The number of hydrogen-bond acceptors (Lipinski definition) is 7. The number of fused-ring (bicyclic) bond motifs is 2. The van der Waals surface area contributed by atoms with Gasteiger partial charge in [-0.05, 0) is 43.2 Å². The van der Waals surface area contributed by atoms with Gasteiger partial charge >= 0.3 is 0 Å². The second-order valence-corrected chi connectivity index (χ2v) is 13.1. The monoisotopic (exact) mass is 527 g/mol. The van der Waals surface area contributed by atoms with Gasteiger partial charge < -0.3 is 4.90 Å². The zero-order valence-corrected chi connectivity index (χ0v) is 21.2. The van der Waals surface area contributed by atoms with E-state index in [4.69, 9.17) is 0 Å². The fourth-order valence-electron chi connectivity index (χ4n) is 3.62. The van der Waals surface area contributed by atoms with Crippen LogP contribution in [0.15, 0.2) is 46.3 Å². The van der Waals surface area contributed by atoms with Crippen LogP contribution in [0.5, 0.6) is 0 Å². The Morgan fingerprint density at radius 2 is 1.64 bits per heavy atom. The Morgan fingerprint density at radius 1 is 0.970 bits per heavy atom. The Balaban J connectivity index is 1.81. The van der Waals surface area contributed by atoms with Gasteiger partial charge in [0.15, 0.2) is 6.54 Å². The van der Waals surface area contributed by atoms with Gasteiger partial charge in [0.05, 0.1) is 22.5 Å². The Bertz CT molecular complexity index is 1480. The molecule has 0 saturated carbocycles. The molecule has 1 aliphatic heterocycles. The zero-order chi connectivity index (χ0) is 24.0. The van der Waals surface area contributed by atoms with Crippen molar-refractivity contribution >= 4 is 65.3 Å². The van der Waals surface area contributed by atoms with Crippen LogP contribution in [0.1, 0.15) is 16.1 Å². The van der Waals surface area contributed by atoms with Crippen molar-refractivity contribution in [1.82, 2.24) is 0 Å². The van der Waals surface area contributed by atoms with Gasteiger partial charge in [0.25, 0.3) is 25.2 Å². The summed E-state index contributed by atoms with van der Waals surface area (Å²) in [6.45, 7) is 4.04. The minimum atomic E-state index is -4.15.